The third kappa shape index (κ3) is 2.43. The van der Waals surface area contributed by atoms with Gasteiger partial charge < -0.3 is 10.3 Å². The van der Waals surface area contributed by atoms with Crippen molar-refractivity contribution in [3.63, 3.8) is 0 Å². The van der Waals surface area contributed by atoms with Crippen molar-refractivity contribution in [2.24, 2.45) is 0 Å². The maximum Gasteiger partial charge on any atom is 0.218 e. The SMILES string of the molecule is Nc1cn(Cc2cccc(F)c2F)cc(Br)c1=O. The second kappa shape index (κ2) is 4.89. The monoisotopic (exact) mass is 314 g/mol. The molecule has 0 unspecified atom stereocenters. The van der Waals surface area contributed by atoms with Crippen LogP contribution < -0.4 is 11.2 Å². The first-order valence-corrected chi connectivity index (χ1v) is 5.86. The summed E-state index contributed by atoms with van der Waals surface area (Å²) >= 11 is 3.06. The molecule has 3 nitrogen and oxygen atoms in total. The Kier molecular flexibility index (Phi) is 3.47. The highest BCUT2D eigenvalue weighted by Gasteiger charge is 2.09. The topological polar surface area (TPSA) is 48.0 Å². The highest BCUT2D eigenvalue weighted by atomic mass is 79.9. The number of anilines is 1. The number of nitrogens with zero attached hydrogens (tertiary/aromatic N) is 1. The van der Waals surface area contributed by atoms with Gasteiger partial charge in [0.1, 0.15) is 0 Å². The van der Waals surface area contributed by atoms with Gasteiger partial charge in [-0.2, -0.15) is 0 Å². The number of pyridine rings is 1. The number of nitrogens with two attached hydrogens (primary N) is 1. The molecule has 0 radical (unpaired) electrons. The summed E-state index contributed by atoms with van der Waals surface area (Å²) in [6.45, 7) is 0.0900. The fourth-order valence-electron chi connectivity index (χ4n) is 1.58. The molecule has 2 N–H and O–H groups in total. The first-order valence-electron chi connectivity index (χ1n) is 5.07. The van der Waals surface area contributed by atoms with Crippen LogP contribution in [-0.4, -0.2) is 4.57 Å². The summed E-state index contributed by atoms with van der Waals surface area (Å²) < 4.78 is 28.3. The van der Waals surface area contributed by atoms with Crippen molar-refractivity contribution in [2.45, 2.75) is 6.54 Å². The zero-order valence-corrected chi connectivity index (χ0v) is 10.7. The van der Waals surface area contributed by atoms with Crippen LogP contribution in [0.3, 0.4) is 0 Å². The van der Waals surface area contributed by atoms with Crippen molar-refractivity contribution >= 4 is 21.6 Å². The molecule has 6 heteroatoms. The van der Waals surface area contributed by atoms with Gasteiger partial charge in [-0.15, -0.1) is 0 Å². The van der Waals surface area contributed by atoms with E-state index in [1.165, 1.54) is 29.1 Å². The van der Waals surface area contributed by atoms with Crippen LogP contribution in [0.5, 0.6) is 0 Å². The number of nitrogen functional groups attached to an aromatic ring is 1. The van der Waals surface area contributed by atoms with E-state index in [1.54, 1.807) is 0 Å². The fourth-order valence-corrected chi connectivity index (χ4v) is 2.07. The molecule has 0 amide bonds. The average molecular weight is 315 g/mol. The van der Waals surface area contributed by atoms with E-state index in [1.807, 2.05) is 0 Å². The Bertz CT molecular complexity index is 629. The van der Waals surface area contributed by atoms with Crippen molar-refractivity contribution in [3.8, 4) is 0 Å². The van der Waals surface area contributed by atoms with Crippen LogP contribution in [0.25, 0.3) is 0 Å². The lowest BCUT2D eigenvalue weighted by Crippen LogP contribution is -2.14. The Balaban J connectivity index is 2.40. The molecular formula is C12H9BrF2N2O. The minimum Gasteiger partial charge on any atom is -0.394 e. The van der Waals surface area contributed by atoms with Crippen molar-refractivity contribution in [2.75, 3.05) is 5.73 Å². The summed E-state index contributed by atoms with van der Waals surface area (Å²) in [7, 11) is 0. The van der Waals surface area contributed by atoms with Crippen molar-refractivity contribution in [3.05, 3.63) is 62.5 Å². The summed E-state index contributed by atoms with van der Waals surface area (Å²) in [5, 5.41) is 0. The zero-order chi connectivity index (χ0) is 13.3. The summed E-state index contributed by atoms with van der Waals surface area (Å²) in [5.41, 5.74) is 5.41. The van der Waals surface area contributed by atoms with E-state index >= 15 is 0 Å². The predicted molar refractivity (Wildman–Crippen MR) is 68.3 cm³/mol. The molecule has 1 aromatic carbocycles. The largest absolute Gasteiger partial charge is 0.394 e. The third-order valence-electron chi connectivity index (χ3n) is 2.45. The highest BCUT2D eigenvalue weighted by Crippen LogP contribution is 2.14. The smallest absolute Gasteiger partial charge is 0.218 e. The minimum absolute atomic E-state index is 0.0428. The number of hydrogen-bond donors (Lipinski definition) is 1. The molecule has 94 valence electrons. The predicted octanol–water partition coefficient (Wildman–Crippen LogP) is 2.52. The molecular weight excluding hydrogens is 306 g/mol. The first kappa shape index (κ1) is 12.8. The van der Waals surface area contributed by atoms with Gasteiger partial charge in [0.15, 0.2) is 11.6 Å². The standard InChI is InChI=1S/C12H9BrF2N2O/c13-8-5-17(6-10(16)12(8)18)4-7-2-1-3-9(14)11(7)15/h1-3,5-6H,4,16H2. The Hall–Kier alpha value is -1.69. The molecule has 1 aromatic heterocycles. The maximum atomic E-state index is 13.5. The van der Waals surface area contributed by atoms with E-state index in [0.717, 1.165) is 6.07 Å². The van der Waals surface area contributed by atoms with E-state index < -0.39 is 11.6 Å². The molecule has 0 aliphatic carbocycles. The van der Waals surface area contributed by atoms with Gasteiger partial charge >= 0.3 is 0 Å². The molecule has 1 heterocycles. The number of aromatic nitrogens is 1. The second-order valence-electron chi connectivity index (χ2n) is 3.78. The van der Waals surface area contributed by atoms with Crippen LogP contribution in [0.2, 0.25) is 0 Å². The summed E-state index contributed by atoms with van der Waals surface area (Å²) in [6, 6.07) is 3.95. The lowest BCUT2D eigenvalue weighted by atomic mass is 10.2. The Morgan fingerprint density at radius 1 is 1.28 bits per heavy atom. The van der Waals surface area contributed by atoms with Gasteiger partial charge in [-0.05, 0) is 22.0 Å². The molecule has 0 saturated heterocycles. The number of hydrogen-bond acceptors (Lipinski definition) is 2. The van der Waals surface area contributed by atoms with Crippen molar-refractivity contribution in [1.29, 1.82) is 0 Å². The molecule has 0 atom stereocenters. The van der Waals surface area contributed by atoms with Crippen LogP contribution in [0.4, 0.5) is 14.5 Å². The van der Waals surface area contributed by atoms with E-state index in [9.17, 15) is 13.6 Å². The lowest BCUT2D eigenvalue weighted by Gasteiger charge is -2.09. The molecule has 2 aromatic rings. The van der Waals surface area contributed by atoms with E-state index in [2.05, 4.69) is 15.9 Å². The number of benzene rings is 1. The average Bonchev–Trinajstić information content (AvgIpc) is 2.32. The zero-order valence-electron chi connectivity index (χ0n) is 9.16. The van der Waals surface area contributed by atoms with Gasteiger partial charge in [0, 0.05) is 18.0 Å². The lowest BCUT2D eigenvalue weighted by molar-refractivity contribution is 0.495. The first-order chi connectivity index (χ1) is 8.49. The van der Waals surface area contributed by atoms with Crippen LogP contribution in [0.1, 0.15) is 5.56 Å². The molecule has 0 aliphatic heterocycles. The van der Waals surface area contributed by atoms with Crippen LogP contribution >= 0.6 is 15.9 Å². The molecule has 0 spiro atoms. The third-order valence-corrected chi connectivity index (χ3v) is 3.01. The van der Waals surface area contributed by atoms with Gasteiger partial charge in [0.25, 0.3) is 0 Å². The molecule has 2 rings (SSSR count). The number of rotatable bonds is 2. The maximum absolute atomic E-state index is 13.5. The van der Waals surface area contributed by atoms with Crippen LogP contribution in [0, 0.1) is 11.6 Å². The molecule has 0 aliphatic rings. The Morgan fingerprint density at radius 2 is 2.00 bits per heavy atom. The summed E-state index contributed by atoms with van der Waals surface area (Å²) in [6.07, 6.45) is 2.86. The van der Waals surface area contributed by atoms with Crippen LogP contribution in [0.15, 0.2) is 39.9 Å². The normalized spacial score (nSPS) is 10.6. The molecule has 0 bridgehead atoms. The van der Waals surface area contributed by atoms with E-state index in [0.29, 0.717) is 0 Å². The minimum atomic E-state index is -0.902. The second-order valence-corrected chi connectivity index (χ2v) is 4.63. The van der Waals surface area contributed by atoms with E-state index in [-0.39, 0.29) is 27.7 Å². The van der Waals surface area contributed by atoms with Gasteiger partial charge in [0.2, 0.25) is 5.43 Å². The summed E-state index contributed by atoms with van der Waals surface area (Å²) in [5.74, 6) is -1.80. The van der Waals surface area contributed by atoms with Crippen molar-refractivity contribution in [1.82, 2.24) is 4.57 Å². The van der Waals surface area contributed by atoms with Crippen LogP contribution in [-0.2, 0) is 6.54 Å². The van der Waals surface area contributed by atoms with E-state index in [4.69, 9.17) is 5.73 Å². The van der Waals surface area contributed by atoms with Gasteiger partial charge in [-0.25, -0.2) is 8.78 Å². The quantitative estimate of drug-likeness (QED) is 0.926. The highest BCUT2D eigenvalue weighted by molar-refractivity contribution is 9.10. The van der Waals surface area contributed by atoms with Crippen molar-refractivity contribution < 1.29 is 8.78 Å². The Labute approximate surface area is 110 Å². The van der Waals surface area contributed by atoms with Gasteiger partial charge in [-0.1, -0.05) is 12.1 Å². The fraction of sp³-hybridized carbons (Fsp3) is 0.0833. The molecule has 0 saturated carbocycles. The van der Waals surface area contributed by atoms with Gasteiger partial charge in [0.05, 0.1) is 16.7 Å². The number of halogens is 3. The molecule has 18 heavy (non-hydrogen) atoms. The summed E-state index contributed by atoms with van der Waals surface area (Å²) in [4.78, 5) is 11.4. The molecule has 0 fully saturated rings. The Morgan fingerprint density at radius 3 is 2.67 bits per heavy atom. The van der Waals surface area contributed by atoms with Gasteiger partial charge in [-0.3, -0.25) is 4.79 Å².